The SMILES string of the molecule is CCCC(CCO)CNC(=O)c1cc(C)nc2ccc(OC)cc12. The van der Waals surface area contributed by atoms with Crippen molar-refractivity contribution in [3.8, 4) is 5.75 Å². The second kappa shape index (κ2) is 8.64. The minimum atomic E-state index is -0.113. The van der Waals surface area contributed by atoms with Crippen LogP contribution in [0.1, 0.15) is 42.2 Å². The van der Waals surface area contributed by atoms with E-state index in [1.165, 1.54) is 0 Å². The summed E-state index contributed by atoms with van der Waals surface area (Å²) in [6.45, 7) is 4.71. The molecule has 1 aromatic heterocycles. The van der Waals surface area contributed by atoms with Crippen molar-refractivity contribution in [2.45, 2.75) is 33.1 Å². The van der Waals surface area contributed by atoms with Crippen molar-refractivity contribution in [2.75, 3.05) is 20.3 Å². The highest BCUT2D eigenvalue weighted by molar-refractivity contribution is 6.06. The van der Waals surface area contributed by atoms with Gasteiger partial charge in [0, 0.05) is 24.2 Å². The maximum atomic E-state index is 12.7. The van der Waals surface area contributed by atoms with Crippen LogP contribution in [0.2, 0.25) is 0 Å². The van der Waals surface area contributed by atoms with E-state index in [-0.39, 0.29) is 12.5 Å². The van der Waals surface area contributed by atoms with Gasteiger partial charge in [0.1, 0.15) is 5.75 Å². The lowest BCUT2D eigenvalue weighted by atomic mass is 10.00. The Morgan fingerprint density at radius 3 is 2.79 bits per heavy atom. The van der Waals surface area contributed by atoms with Crippen LogP contribution >= 0.6 is 0 Å². The Balaban J connectivity index is 2.24. The van der Waals surface area contributed by atoms with Crippen molar-refractivity contribution in [2.24, 2.45) is 5.92 Å². The van der Waals surface area contributed by atoms with Crippen LogP contribution in [0, 0.1) is 12.8 Å². The fraction of sp³-hybridized carbons (Fsp3) is 0.474. The van der Waals surface area contributed by atoms with Crippen LogP contribution in [-0.4, -0.2) is 36.3 Å². The summed E-state index contributed by atoms with van der Waals surface area (Å²) in [5.41, 5.74) is 2.19. The molecule has 0 bridgehead atoms. The van der Waals surface area contributed by atoms with Crippen LogP contribution in [0.15, 0.2) is 24.3 Å². The molecule has 5 nitrogen and oxygen atoms in total. The smallest absolute Gasteiger partial charge is 0.252 e. The summed E-state index contributed by atoms with van der Waals surface area (Å²) >= 11 is 0. The number of carbonyl (C=O) groups excluding carboxylic acids is 1. The highest BCUT2D eigenvalue weighted by Gasteiger charge is 2.15. The third-order valence-electron chi connectivity index (χ3n) is 4.17. The van der Waals surface area contributed by atoms with Gasteiger partial charge >= 0.3 is 0 Å². The number of carbonyl (C=O) groups is 1. The summed E-state index contributed by atoms with van der Waals surface area (Å²) in [5.74, 6) is 0.886. The first-order chi connectivity index (χ1) is 11.6. The minimum Gasteiger partial charge on any atom is -0.497 e. The van der Waals surface area contributed by atoms with Gasteiger partial charge in [0.2, 0.25) is 0 Å². The number of rotatable bonds is 8. The van der Waals surface area contributed by atoms with Gasteiger partial charge in [-0.25, -0.2) is 0 Å². The molecule has 0 saturated heterocycles. The van der Waals surface area contributed by atoms with Gasteiger partial charge in [0.05, 0.1) is 18.2 Å². The number of hydrogen-bond acceptors (Lipinski definition) is 4. The molecule has 1 aromatic carbocycles. The maximum absolute atomic E-state index is 12.7. The molecular weight excluding hydrogens is 304 g/mol. The topological polar surface area (TPSA) is 71.5 Å². The first-order valence-electron chi connectivity index (χ1n) is 8.43. The molecule has 0 spiro atoms. The van der Waals surface area contributed by atoms with Gasteiger partial charge in [-0.2, -0.15) is 0 Å². The zero-order chi connectivity index (χ0) is 17.5. The molecule has 2 N–H and O–H groups in total. The number of aromatic nitrogens is 1. The number of nitrogens with zero attached hydrogens (tertiary/aromatic N) is 1. The van der Waals surface area contributed by atoms with Crippen LogP contribution in [-0.2, 0) is 0 Å². The quantitative estimate of drug-likeness (QED) is 0.780. The maximum Gasteiger partial charge on any atom is 0.252 e. The molecule has 0 radical (unpaired) electrons. The first kappa shape index (κ1) is 18.2. The normalized spacial score (nSPS) is 12.2. The zero-order valence-electron chi connectivity index (χ0n) is 14.6. The van der Waals surface area contributed by atoms with Crippen LogP contribution in [0.4, 0.5) is 0 Å². The average Bonchev–Trinajstić information content (AvgIpc) is 2.58. The average molecular weight is 330 g/mol. The summed E-state index contributed by atoms with van der Waals surface area (Å²) < 4.78 is 5.26. The Bertz CT molecular complexity index is 694. The van der Waals surface area contributed by atoms with Crippen molar-refractivity contribution in [1.29, 1.82) is 0 Å². The lowest BCUT2D eigenvalue weighted by molar-refractivity contribution is 0.0944. The van der Waals surface area contributed by atoms with Crippen LogP contribution in [0.3, 0.4) is 0 Å². The number of hydrogen-bond donors (Lipinski definition) is 2. The highest BCUT2D eigenvalue weighted by atomic mass is 16.5. The number of benzene rings is 1. The summed E-state index contributed by atoms with van der Waals surface area (Å²) in [6.07, 6.45) is 2.73. The molecule has 2 aromatic rings. The number of ether oxygens (including phenoxy) is 1. The standard InChI is InChI=1S/C19H26N2O3/c1-4-5-14(8-9-22)12-20-19(23)17-10-13(2)21-18-7-6-15(24-3)11-16(17)18/h6-7,10-11,14,22H,4-5,8-9,12H2,1-3H3,(H,20,23). The van der Waals surface area contributed by atoms with E-state index in [2.05, 4.69) is 17.2 Å². The lowest BCUT2D eigenvalue weighted by Gasteiger charge is -2.16. The second-order valence-corrected chi connectivity index (χ2v) is 6.07. The van der Waals surface area contributed by atoms with Gasteiger partial charge in [0.25, 0.3) is 5.91 Å². The Labute approximate surface area is 143 Å². The van der Waals surface area contributed by atoms with Crippen LogP contribution in [0.5, 0.6) is 5.75 Å². The van der Waals surface area contributed by atoms with Crippen LogP contribution in [0.25, 0.3) is 10.9 Å². The number of aliphatic hydroxyl groups is 1. The number of aliphatic hydroxyl groups excluding tert-OH is 1. The molecule has 0 aliphatic heterocycles. The molecule has 0 fully saturated rings. The van der Waals surface area contributed by atoms with Crippen molar-refractivity contribution in [3.63, 3.8) is 0 Å². The van der Waals surface area contributed by atoms with E-state index in [9.17, 15) is 4.79 Å². The zero-order valence-corrected chi connectivity index (χ0v) is 14.6. The number of amides is 1. The number of fused-ring (bicyclic) bond motifs is 1. The Kier molecular flexibility index (Phi) is 6.55. The fourth-order valence-corrected chi connectivity index (χ4v) is 2.92. The van der Waals surface area contributed by atoms with Gasteiger partial charge in [-0.05, 0) is 49.9 Å². The first-order valence-corrected chi connectivity index (χ1v) is 8.43. The van der Waals surface area contributed by atoms with Crippen molar-refractivity contribution in [3.05, 3.63) is 35.5 Å². The Hall–Kier alpha value is -2.14. The predicted molar refractivity (Wildman–Crippen MR) is 95.5 cm³/mol. The molecule has 5 heteroatoms. The summed E-state index contributed by atoms with van der Waals surface area (Å²) in [6, 6.07) is 7.35. The summed E-state index contributed by atoms with van der Waals surface area (Å²) in [7, 11) is 1.60. The molecule has 2 rings (SSSR count). The van der Waals surface area contributed by atoms with Gasteiger partial charge in [-0.1, -0.05) is 13.3 Å². The van der Waals surface area contributed by atoms with Crippen molar-refractivity contribution in [1.82, 2.24) is 10.3 Å². The summed E-state index contributed by atoms with van der Waals surface area (Å²) in [4.78, 5) is 17.2. The predicted octanol–water partition coefficient (Wildman–Crippen LogP) is 3.08. The summed E-state index contributed by atoms with van der Waals surface area (Å²) in [5, 5.41) is 12.9. The molecule has 1 unspecified atom stereocenters. The number of methoxy groups -OCH3 is 1. The molecule has 0 aliphatic carbocycles. The largest absolute Gasteiger partial charge is 0.497 e. The fourth-order valence-electron chi connectivity index (χ4n) is 2.92. The van der Waals surface area contributed by atoms with E-state index in [1.54, 1.807) is 13.2 Å². The van der Waals surface area contributed by atoms with Crippen LogP contribution < -0.4 is 10.1 Å². The van der Waals surface area contributed by atoms with E-state index >= 15 is 0 Å². The molecule has 24 heavy (non-hydrogen) atoms. The number of aryl methyl sites for hydroxylation is 1. The lowest BCUT2D eigenvalue weighted by Crippen LogP contribution is -2.30. The Morgan fingerprint density at radius 1 is 1.33 bits per heavy atom. The third kappa shape index (κ3) is 4.45. The van der Waals surface area contributed by atoms with E-state index in [0.717, 1.165) is 29.4 Å². The van der Waals surface area contributed by atoms with Crippen molar-refractivity contribution < 1.29 is 14.6 Å². The van der Waals surface area contributed by atoms with E-state index in [4.69, 9.17) is 9.84 Å². The molecule has 0 saturated carbocycles. The van der Waals surface area contributed by atoms with Gasteiger partial charge in [-0.15, -0.1) is 0 Å². The number of nitrogens with one attached hydrogen (secondary N) is 1. The van der Waals surface area contributed by atoms with E-state index in [0.29, 0.717) is 30.2 Å². The molecule has 1 amide bonds. The van der Waals surface area contributed by atoms with Gasteiger partial charge < -0.3 is 15.2 Å². The highest BCUT2D eigenvalue weighted by Crippen LogP contribution is 2.24. The van der Waals surface area contributed by atoms with E-state index in [1.807, 2.05) is 25.1 Å². The molecule has 1 atom stereocenters. The molecule has 1 heterocycles. The molecular formula is C19H26N2O3. The van der Waals surface area contributed by atoms with Gasteiger partial charge in [0.15, 0.2) is 0 Å². The van der Waals surface area contributed by atoms with Crippen molar-refractivity contribution >= 4 is 16.8 Å². The minimum absolute atomic E-state index is 0.113. The second-order valence-electron chi connectivity index (χ2n) is 6.07. The van der Waals surface area contributed by atoms with Gasteiger partial charge in [-0.3, -0.25) is 9.78 Å². The van der Waals surface area contributed by atoms with E-state index < -0.39 is 0 Å². The number of pyridine rings is 1. The third-order valence-corrected chi connectivity index (χ3v) is 4.17. The molecule has 130 valence electrons. The molecule has 0 aliphatic rings. The Morgan fingerprint density at radius 2 is 2.12 bits per heavy atom. The monoisotopic (exact) mass is 330 g/mol.